The fraction of sp³-hybridized carbons (Fsp3) is 0.579. The quantitative estimate of drug-likeness (QED) is 0.925. The van der Waals surface area contributed by atoms with Crippen LogP contribution < -0.4 is 5.32 Å². The molecule has 2 atom stereocenters. The summed E-state index contributed by atoms with van der Waals surface area (Å²) < 4.78 is 0. The van der Waals surface area contributed by atoms with Crippen molar-refractivity contribution in [3.8, 4) is 0 Å². The highest BCUT2D eigenvalue weighted by Crippen LogP contribution is 2.34. The Morgan fingerprint density at radius 1 is 1.13 bits per heavy atom. The van der Waals surface area contributed by atoms with Gasteiger partial charge in [-0.15, -0.1) is 0 Å². The lowest BCUT2D eigenvalue weighted by atomic mass is 9.77. The predicted molar refractivity (Wildman–Crippen MR) is 87.9 cm³/mol. The average molecular weight is 312 g/mol. The number of carbonyl (C=O) groups excluding carboxylic acids is 2. The molecule has 23 heavy (non-hydrogen) atoms. The Morgan fingerprint density at radius 2 is 1.96 bits per heavy atom. The molecule has 0 unspecified atom stereocenters. The van der Waals surface area contributed by atoms with E-state index in [4.69, 9.17) is 0 Å². The molecule has 0 bridgehead atoms. The highest BCUT2D eigenvalue weighted by Gasteiger charge is 2.37. The van der Waals surface area contributed by atoms with Crippen molar-refractivity contribution < 1.29 is 9.59 Å². The van der Waals surface area contributed by atoms with Crippen LogP contribution in [0.15, 0.2) is 24.3 Å². The number of rotatable bonds is 4. The summed E-state index contributed by atoms with van der Waals surface area (Å²) in [4.78, 5) is 26.6. The largest absolute Gasteiger partial charge is 0.355 e. The van der Waals surface area contributed by atoms with E-state index in [9.17, 15) is 9.59 Å². The van der Waals surface area contributed by atoms with Gasteiger partial charge in [-0.05, 0) is 43.2 Å². The average Bonchev–Trinajstić information content (AvgIpc) is 3.40. The highest BCUT2D eigenvalue weighted by atomic mass is 16.2. The van der Waals surface area contributed by atoms with Crippen molar-refractivity contribution in [2.24, 2.45) is 11.8 Å². The zero-order valence-corrected chi connectivity index (χ0v) is 13.5. The second kappa shape index (κ2) is 5.99. The maximum absolute atomic E-state index is 12.5. The molecule has 1 saturated carbocycles. The standard InChI is InChI=1S/C19H24N2O2/c22-18(20-11-16-10-14-4-1-2-6-17(14)16)15-5-3-9-21(12-15)19(23)13-7-8-13/h1-2,4,6,13,15-16H,3,5,7-12H2,(H,20,22)/t15-,16+/m0/s1. The lowest BCUT2D eigenvalue weighted by molar-refractivity contribution is -0.136. The number of carbonyl (C=O) groups is 2. The molecule has 1 saturated heterocycles. The second-order valence-corrected chi connectivity index (χ2v) is 7.24. The maximum atomic E-state index is 12.5. The number of amides is 2. The molecule has 1 aliphatic heterocycles. The van der Waals surface area contributed by atoms with Gasteiger partial charge >= 0.3 is 0 Å². The van der Waals surface area contributed by atoms with Gasteiger partial charge in [-0.1, -0.05) is 24.3 Å². The Morgan fingerprint density at radius 3 is 2.74 bits per heavy atom. The number of hydrogen-bond acceptors (Lipinski definition) is 2. The van der Waals surface area contributed by atoms with E-state index < -0.39 is 0 Å². The molecule has 3 aliphatic rings. The number of nitrogens with one attached hydrogen (secondary N) is 1. The molecule has 0 spiro atoms. The van der Waals surface area contributed by atoms with Gasteiger partial charge in [-0.2, -0.15) is 0 Å². The van der Waals surface area contributed by atoms with E-state index in [1.165, 1.54) is 11.1 Å². The minimum absolute atomic E-state index is 0.0261. The summed E-state index contributed by atoms with van der Waals surface area (Å²) in [6.07, 6.45) is 4.98. The first kappa shape index (κ1) is 14.7. The van der Waals surface area contributed by atoms with E-state index in [0.29, 0.717) is 12.5 Å². The van der Waals surface area contributed by atoms with Gasteiger partial charge in [-0.25, -0.2) is 0 Å². The lowest BCUT2D eigenvalue weighted by Gasteiger charge is -2.34. The number of fused-ring (bicyclic) bond motifs is 1. The van der Waals surface area contributed by atoms with Crippen molar-refractivity contribution in [1.29, 1.82) is 0 Å². The van der Waals surface area contributed by atoms with Gasteiger partial charge in [0.25, 0.3) is 0 Å². The van der Waals surface area contributed by atoms with E-state index >= 15 is 0 Å². The second-order valence-electron chi connectivity index (χ2n) is 7.24. The topological polar surface area (TPSA) is 49.4 Å². The third-order valence-corrected chi connectivity index (χ3v) is 5.51. The van der Waals surface area contributed by atoms with Gasteiger partial charge in [0.05, 0.1) is 5.92 Å². The minimum atomic E-state index is -0.0261. The molecule has 2 amide bonds. The first-order valence-electron chi connectivity index (χ1n) is 8.86. The molecular weight excluding hydrogens is 288 g/mol. The van der Waals surface area contributed by atoms with Crippen molar-refractivity contribution >= 4 is 11.8 Å². The van der Waals surface area contributed by atoms with Crippen LogP contribution in [0.3, 0.4) is 0 Å². The fourth-order valence-electron chi connectivity index (χ4n) is 3.89. The zero-order chi connectivity index (χ0) is 15.8. The van der Waals surface area contributed by atoms with Crippen LogP contribution in [0.1, 0.15) is 42.7 Å². The van der Waals surface area contributed by atoms with E-state index in [0.717, 1.165) is 45.2 Å². The van der Waals surface area contributed by atoms with Crippen molar-refractivity contribution in [1.82, 2.24) is 10.2 Å². The Labute approximate surface area is 137 Å². The summed E-state index contributed by atoms with van der Waals surface area (Å²) >= 11 is 0. The summed E-state index contributed by atoms with van der Waals surface area (Å²) in [5.41, 5.74) is 2.78. The van der Waals surface area contributed by atoms with Crippen molar-refractivity contribution in [2.75, 3.05) is 19.6 Å². The van der Waals surface area contributed by atoms with Crippen LogP contribution in [0.25, 0.3) is 0 Å². The number of benzene rings is 1. The SMILES string of the molecule is O=C(NC[C@H]1Cc2ccccc21)[C@H]1CCCN(C(=O)C2CC2)C1. The van der Waals surface area contributed by atoms with E-state index in [-0.39, 0.29) is 23.7 Å². The number of likely N-dealkylation sites (tertiary alicyclic amines) is 1. The fourth-order valence-corrected chi connectivity index (χ4v) is 3.89. The van der Waals surface area contributed by atoms with Crippen LogP contribution in [0.5, 0.6) is 0 Å². The van der Waals surface area contributed by atoms with Gasteiger partial charge in [0.2, 0.25) is 11.8 Å². The van der Waals surface area contributed by atoms with Gasteiger partial charge in [0.15, 0.2) is 0 Å². The number of nitrogens with zero attached hydrogens (tertiary/aromatic N) is 1. The van der Waals surface area contributed by atoms with E-state index in [1.54, 1.807) is 0 Å². The molecule has 0 radical (unpaired) electrons. The smallest absolute Gasteiger partial charge is 0.225 e. The molecule has 4 nitrogen and oxygen atoms in total. The number of piperidine rings is 1. The summed E-state index contributed by atoms with van der Waals surface area (Å²) in [6.45, 7) is 2.17. The summed E-state index contributed by atoms with van der Waals surface area (Å²) in [6, 6.07) is 8.46. The highest BCUT2D eigenvalue weighted by molar-refractivity contribution is 5.83. The summed E-state index contributed by atoms with van der Waals surface area (Å²) in [5, 5.41) is 3.12. The Bertz CT molecular complexity index is 624. The molecule has 4 heteroatoms. The molecule has 1 N–H and O–H groups in total. The normalized spacial score (nSPS) is 26.2. The molecular formula is C19H24N2O2. The van der Waals surface area contributed by atoms with Crippen LogP contribution in [0, 0.1) is 11.8 Å². The molecule has 0 aromatic heterocycles. The van der Waals surface area contributed by atoms with Gasteiger partial charge in [0.1, 0.15) is 0 Å². The van der Waals surface area contributed by atoms with Gasteiger partial charge < -0.3 is 10.2 Å². The maximum Gasteiger partial charge on any atom is 0.225 e. The first-order chi connectivity index (χ1) is 11.2. The summed E-state index contributed by atoms with van der Waals surface area (Å²) in [7, 11) is 0. The molecule has 2 aliphatic carbocycles. The minimum Gasteiger partial charge on any atom is -0.355 e. The third-order valence-electron chi connectivity index (χ3n) is 5.51. The van der Waals surface area contributed by atoms with Gasteiger partial charge in [-0.3, -0.25) is 9.59 Å². The van der Waals surface area contributed by atoms with Crippen LogP contribution in [0.2, 0.25) is 0 Å². The van der Waals surface area contributed by atoms with Crippen molar-refractivity contribution in [3.63, 3.8) is 0 Å². The molecule has 4 rings (SSSR count). The van der Waals surface area contributed by atoms with E-state index in [1.807, 2.05) is 4.90 Å². The molecule has 2 fully saturated rings. The van der Waals surface area contributed by atoms with Crippen LogP contribution in [-0.2, 0) is 16.0 Å². The molecule has 122 valence electrons. The zero-order valence-electron chi connectivity index (χ0n) is 13.5. The monoisotopic (exact) mass is 312 g/mol. The Kier molecular flexibility index (Phi) is 3.83. The van der Waals surface area contributed by atoms with Crippen molar-refractivity contribution in [2.45, 2.75) is 38.0 Å². The molecule has 1 heterocycles. The van der Waals surface area contributed by atoms with Crippen LogP contribution >= 0.6 is 0 Å². The first-order valence-corrected chi connectivity index (χ1v) is 8.86. The van der Waals surface area contributed by atoms with E-state index in [2.05, 4.69) is 29.6 Å². The number of hydrogen-bond donors (Lipinski definition) is 1. The predicted octanol–water partition coefficient (Wildman–Crippen LogP) is 2.09. The lowest BCUT2D eigenvalue weighted by Crippen LogP contribution is -2.46. The summed E-state index contributed by atoms with van der Waals surface area (Å²) in [5.74, 6) is 1.09. The Balaban J connectivity index is 1.28. The van der Waals surface area contributed by atoms with Crippen molar-refractivity contribution in [3.05, 3.63) is 35.4 Å². The Hall–Kier alpha value is -1.84. The van der Waals surface area contributed by atoms with Gasteiger partial charge in [0, 0.05) is 31.5 Å². The molecule has 1 aromatic carbocycles. The molecule has 1 aromatic rings. The third kappa shape index (κ3) is 2.99. The van der Waals surface area contributed by atoms with Crippen LogP contribution in [0.4, 0.5) is 0 Å². The van der Waals surface area contributed by atoms with Crippen LogP contribution in [-0.4, -0.2) is 36.3 Å².